The molecule has 0 radical (unpaired) electrons. The molecule has 0 aliphatic carbocycles. The van der Waals surface area contributed by atoms with E-state index in [0.717, 1.165) is 83.5 Å². The number of hydrogen-bond acceptors (Lipinski definition) is 6. The van der Waals surface area contributed by atoms with E-state index in [9.17, 15) is 14.4 Å². The monoisotopic (exact) mass is 897 g/mol. The Bertz CT molecular complexity index is 1120. The largest absolute Gasteiger partial charge is 0.462 e. The molecular formula is C58H104O6. The van der Waals surface area contributed by atoms with Gasteiger partial charge in [-0.25, -0.2) is 0 Å². The zero-order valence-corrected chi connectivity index (χ0v) is 42.6. The molecule has 0 bridgehead atoms. The van der Waals surface area contributed by atoms with Crippen molar-refractivity contribution in [3.05, 3.63) is 48.6 Å². The highest BCUT2D eigenvalue weighted by Gasteiger charge is 2.19. The van der Waals surface area contributed by atoms with Crippen LogP contribution in [0.4, 0.5) is 0 Å². The minimum absolute atomic E-state index is 0.0793. The van der Waals surface area contributed by atoms with Crippen LogP contribution in [0.25, 0.3) is 0 Å². The van der Waals surface area contributed by atoms with Gasteiger partial charge in [0.1, 0.15) is 13.2 Å². The highest BCUT2D eigenvalue weighted by molar-refractivity contribution is 5.71. The average Bonchev–Trinajstić information content (AvgIpc) is 3.29. The van der Waals surface area contributed by atoms with Gasteiger partial charge in [-0.15, -0.1) is 0 Å². The normalized spacial score (nSPS) is 12.4. The van der Waals surface area contributed by atoms with Crippen LogP contribution < -0.4 is 0 Å². The second kappa shape index (κ2) is 53.0. The van der Waals surface area contributed by atoms with E-state index in [1.54, 1.807) is 0 Å². The highest BCUT2D eigenvalue weighted by atomic mass is 16.6. The topological polar surface area (TPSA) is 78.9 Å². The predicted octanol–water partition coefficient (Wildman–Crippen LogP) is 18.3. The molecule has 0 unspecified atom stereocenters. The second-order valence-electron chi connectivity index (χ2n) is 18.5. The molecule has 0 N–H and O–H groups in total. The van der Waals surface area contributed by atoms with Gasteiger partial charge < -0.3 is 14.2 Å². The van der Waals surface area contributed by atoms with Crippen molar-refractivity contribution in [3.63, 3.8) is 0 Å². The summed E-state index contributed by atoms with van der Waals surface area (Å²) in [5.74, 6) is -0.888. The Kier molecular flexibility index (Phi) is 50.8. The van der Waals surface area contributed by atoms with E-state index in [1.165, 1.54) is 161 Å². The van der Waals surface area contributed by atoms with E-state index in [1.807, 2.05) is 0 Å². The molecule has 0 rings (SSSR count). The quantitative estimate of drug-likeness (QED) is 0.0262. The third-order valence-electron chi connectivity index (χ3n) is 12.1. The van der Waals surface area contributed by atoms with Gasteiger partial charge in [0.25, 0.3) is 0 Å². The van der Waals surface area contributed by atoms with Gasteiger partial charge in [-0.1, -0.05) is 230 Å². The predicted molar refractivity (Wildman–Crippen MR) is 275 cm³/mol. The molecule has 0 aromatic heterocycles. The van der Waals surface area contributed by atoms with Gasteiger partial charge in [-0.3, -0.25) is 14.4 Å². The first kappa shape index (κ1) is 61.4. The van der Waals surface area contributed by atoms with Crippen LogP contribution in [-0.4, -0.2) is 37.2 Å². The summed E-state index contributed by atoms with van der Waals surface area (Å²) in [5, 5.41) is 0. The Morgan fingerprint density at radius 3 is 0.938 bits per heavy atom. The number of unbranched alkanes of at least 4 members (excludes halogenated alkanes) is 31. The van der Waals surface area contributed by atoms with Crippen molar-refractivity contribution in [3.8, 4) is 0 Å². The van der Waals surface area contributed by atoms with E-state index in [2.05, 4.69) is 69.4 Å². The fraction of sp³-hybridized carbons (Fsp3) is 0.810. The zero-order chi connectivity index (χ0) is 46.5. The lowest BCUT2D eigenvalue weighted by molar-refractivity contribution is -0.167. The number of esters is 3. The van der Waals surface area contributed by atoms with Crippen molar-refractivity contribution < 1.29 is 28.6 Å². The van der Waals surface area contributed by atoms with E-state index >= 15 is 0 Å². The standard InChI is InChI=1S/C58H104O6/c1-4-7-10-13-16-19-22-25-27-28-29-30-31-34-36-39-42-45-48-51-57(60)63-54-55(53-62-56(59)50-47-44-41-38-35-32-24-21-18-15-12-9-6-3)64-58(61)52-49-46-43-40-37-33-26-23-20-17-14-11-8-5-2/h16,19,21,24-25,27,29-30,55H,4-15,17-18,20,22-23,26,28,31-54H2,1-3H3/b19-16-,24-21-,27-25-,30-29-/t55-/m1/s1. The van der Waals surface area contributed by atoms with Crippen LogP contribution in [0, 0.1) is 0 Å². The minimum atomic E-state index is -0.779. The molecule has 0 aromatic carbocycles. The number of carbonyl (C=O) groups excluding carboxylic acids is 3. The summed E-state index contributed by atoms with van der Waals surface area (Å²) in [7, 11) is 0. The van der Waals surface area contributed by atoms with E-state index in [-0.39, 0.29) is 31.1 Å². The summed E-state index contributed by atoms with van der Waals surface area (Å²) in [6.07, 6.45) is 63.7. The lowest BCUT2D eigenvalue weighted by atomic mass is 10.0. The molecule has 0 fully saturated rings. The van der Waals surface area contributed by atoms with E-state index in [4.69, 9.17) is 14.2 Å². The fourth-order valence-electron chi connectivity index (χ4n) is 7.86. The molecule has 6 heteroatoms. The number of rotatable bonds is 50. The van der Waals surface area contributed by atoms with Gasteiger partial charge in [0.05, 0.1) is 0 Å². The van der Waals surface area contributed by atoms with Gasteiger partial charge in [0.15, 0.2) is 6.10 Å². The SMILES string of the molecule is CCCCC/C=C\C/C=C\C/C=C\CCCCCCCCC(=O)OC[C@@H](COC(=O)CCCCCCC/C=C\CCCCCC)OC(=O)CCCCCCCCCCCCCCCC. The van der Waals surface area contributed by atoms with Gasteiger partial charge in [0, 0.05) is 19.3 Å². The van der Waals surface area contributed by atoms with Crippen molar-refractivity contribution in [2.24, 2.45) is 0 Å². The Morgan fingerprint density at radius 1 is 0.312 bits per heavy atom. The Balaban J connectivity index is 4.37. The van der Waals surface area contributed by atoms with Crippen molar-refractivity contribution >= 4 is 17.9 Å². The first-order valence-electron chi connectivity index (χ1n) is 27.6. The van der Waals surface area contributed by atoms with Crippen LogP contribution in [0.3, 0.4) is 0 Å². The molecule has 6 nitrogen and oxygen atoms in total. The van der Waals surface area contributed by atoms with Crippen molar-refractivity contribution in [1.82, 2.24) is 0 Å². The van der Waals surface area contributed by atoms with Crippen LogP contribution in [0.15, 0.2) is 48.6 Å². The maximum Gasteiger partial charge on any atom is 0.306 e. The van der Waals surface area contributed by atoms with Crippen LogP contribution in [0.5, 0.6) is 0 Å². The third kappa shape index (κ3) is 50.4. The fourth-order valence-corrected chi connectivity index (χ4v) is 7.86. The molecule has 1 atom stereocenters. The lowest BCUT2D eigenvalue weighted by Crippen LogP contribution is -2.30. The lowest BCUT2D eigenvalue weighted by Gasteiger charge is -2.18. The van der Waals surface area contributed by atoms with Gasteiger partial charge in [-0.2, -0.15) is 0 Å². The van der Waals surface area contributed by atoms with Gasteiger partial charge in [-0.05, 0) is 83.5 Å². The highest BCUT2D eigenvalue weighted by Crippen LogP contribution is 2.15. The van der Waals surface area contributed by atoms with Crippen LogP contribution in [0.1, 0.15) is 284 Å². The molecule has 0 spiro atoms. The maximum absolute atomic E-state index is 12.8. The third-order valence-corrected chi connectivity index (χ3v) is 12.1. The molecule has 0 heterocycles. The van der Waals surface area contributed by atoms with E-state index < -0.39 is 6.10 Å². The first-order valence-corrected chi connectivity index (χ1v) is 27.6. The Morgan fingerprint density at radius 2 is 0.562 bits per heavy atom. The molecule has 0 aromatic rings. The van der Waals surface area contributed by atoms with Gasteiger partial charge >= 0.3 is 17.9 Å². The average molecular weight is 897 g/mol. The number of ether oxygens (including phenoxy) is 3. The van der Waals surface area contributed by atoms with Crippen LogP contribution in [-0.2, 0) is 28.6 Å². The number of allylic oxidation sites excluding steroid dienone is 8. The molecule has 372 valence electrons. The molecular weight excluding hydrogens is 793 g/mol. The molecule has 0 aliphatic rings. The zero-order valence-electron chi connectivity index (χ0n) is 42.6. The van der Waals surface area contributed by atoms with Crippen LogP contribution in [0.2, 0.25) is 0 Å². The van der Waals surface area contributed by atoms with Crippen molar-refractivity contribution in [2.45, 2.75) is 290 Å². The van der Waals surface area contributed by atoms with Crippen LogP contribution >= 0.6 is 0 Å². The summed E-state index contributed by atoms with van der Waals surface area (Å²) >= 11 is 0. The maximum atomic E-state index is 12.8. The van der Waals surface area contributed by atoms with Gasteiger partial charge in [0.2, 0.25) is 0 Å². The van der Waals surface area contributed by atoms with Crippen molar-refractivity contribution in [1.29, 1.82) is 0 Å². The molecule has 0 saturated heterocycles. The smallest absolute Gasteiger partial charge is 0.306 e. The van der Waals surface area contributed by atoms with Crippen molar-refractivity contribution in [2.75, 3.05) is 13.2 Å². The Labute approximate surface area is 397 Å². The molecule has 0 aliphatic heterocycles. The second-order valence-corrected chi connectivity index (χ2v) is 18.5. The summed E-state index contributed by atoms with van der Waals surface area (Å²) in [5.41, 5.74) is 0. The summed E-state index contributed by atoms with van der Waals surface area (Å²) in [4.78, 5) is 38.1. The number of carbonyl (C=O) groups is 3. The summed E-state index contributed by atoms with van der Waals surface area (Å²) < 4.78 is 16.8. The molecule has 0 saturated carbocycles. The molecule has 0 amide bonds. The first-order chi connectivity index (χ1) is 31.5. The van der Waals surface area contributed by atoms with E-state index in [0.29, 0.717) is 19.3 Å². The summed E-state index contributed by atoms with van der Waals surface area (Å²) in [6, 6.07) is 0. The Hall–Kier alpha value is -2.63. The summed E-state index contributed by atoms with van der Waals surface area (Å²) in [6.45, 7) is 6.60. The minimum Gasteiger partial charge on any atom is -0.462 e. The molecule has 64 heavy (non-hydrogen) atoms. The number of hydrogen-bond donors (Lipinski definition) is 0.